The van der Waals surface area contributed by atoms with Gasteiger partial charge in [-0.15, -0.1) is 0 Å². The molecule has 0 amide bonds. The molecule has 0 aliphatic carbocycles. The lowest BCUT2D eigenvalue weighted by atomic mass is 9.88. The number of anilines is 1. The Morgan fingerprint density at radius 1 is 1.33 bits per heavy atom. The van der Waals surface area contributed by atoms with Crippen molar-refractivity contribution in [1.82, 2.24) is 0 Å². The molecule has 1 fully saturated rings. The van der Waals surface area contributed by atoms with Gasteiger partial charge < -0.3 is 10.6 Å². The molecule has 1 heterocycles. The standard InChI is InChI=1S/C15H23BrN2/c1-11-6-8-18(10-12(11)2)15-4-3-14(16)9-13(15)5-7-17/h3-4,9,11-12H,5-8,10,17H2,1-2H3. The normalized spacial score (nSPS) is 24.3. The molecule has 2 unspecified atom stereocenters. The van der Waals surface area contributed by atoms with Gasteiger partial charge in [-0.2, -0.15) is 0 Å². The van der Waals surface area contributed by atoms with Crippen molar-refractivity contribution in [3.63, 3.8) is 0 Å². The van der Waals surface area contributed by atoms with Crippen molar-refractivity contribution in [1.29, 1.82) is 0 Å². The first-order chi connectivity index (χ1) is 8.61. The van der Waals surface area contributed by atoms with Crippen LogP contribution in [-0.4, -0.2) is 19.6 Å². The van der Waals surface area contributed by atoms with Crippen LogP contribution in [0.15, 0.2) is 22.7 Å². The van der Waals surface area contributed by atoms with Gasteiger partial charge in [0.1, 0.15) is 0 Å². The van der Waals surface area contributed by atoms with Crippen molar-refractivity contribution >= 4 is 21.6 Å². The molecule has 2 N–H and O–H groups in total. The summed E-state index contributed by atoms with van der Waals surface area (Å²) in [7, 11) is 0. The minimum atomic E-state index is 0.712. The van der Waals surface area contributed by atoms with E-state index in [9.17, 15) is 0 Å². The van der Waals surface area contributed by atoms with E-state index in [4.69, 9.17) is 5.73 Å². The number of hydrogen-bond donors (Lipinski definition) is 1. The summed E-state index contributed by atoms with van der Waals surface area (Å²) in [5.41, 5.74) is 8.47. The van der Waals surface area contributed by atoms with E-state index >= 15 is 0 Å². The monoisotopic (exact) mass is 310 g/mol. The van der Waals surface area contributed by atoms with Crippen LogP contribution < -0.4 is 10.6 Å². The van der Waals surface area contributed by atoms with E-state index in [1.807, 2.05) is 0 Å². The third-order valence-electron chi connectivity index (χ3n) is 4.13. The molecule has 0 bridgehead atoms. The molecule has 2 rings (SSSR count). The third kappa shape index (κ3) is 3.07. The topological polar surface area (TPSA) is 29.3 Å². The van der Waals surface area contributed by atoms with Gasteiger partial charge in [0.05, 0.1) is 0 Å². The number of nitrogens with zero attached hydrogens (tertiary/aromatic N) is 1. The van der Waals surface area contributed by atoms with Crippen molar-refractivity contribution in [2.45, 2.75) is 26.7 Å². The van der Waals surface area contributed by atoms with Crippen molar-refractivity contribution in [3.05, 3.63) is 28.2 Å². The Morgan fingerprint density at radius 3 is 2.78 bits per heavy atom. The molecule has 1 saturated heterocycles. The zero-order valence-electron chi connectivity index (χ0n) is 11.3. The Hall–Kier alpha value is -0.540. The summed E-state index contributed by atoms with van der Waals surface area (Å²) in [4.78, 5) is 2.53. The predicted molar refractivity (Wildman–Crippen MR) is 82.1 cm³/mol. The lowest BCUT2D eigenvalue weighted by Gasteiger charge is -2.38. The molecule has 0 aromatic heterocycles. The molecule has 2 nitrogen and oxygen atoms in total. The van der Waals surface area contributed by atoms with Crippen LogP contribution in [0.4, 0.5) is 5.69 Å². The number of nitrogens with two attached hydrogens (primary N) is 1. The van der Waals surface area contributed by atoms with Gasteiger partial charge in [-0.3, -0.25) is 0 Å². The van der Waals surface area contributed by atoms with Crippen LogP contribution in [0.3, 0.4) is 0 Å². The molecule has 1 aliphatic rings. The van der Waals surface area contributed by atoms with Crippen molar-refractivity contribution in [2.75, 3.05) is 24.5 Å². The number of benzene rings is 1. The summed E-state index contributed by atoms with van der Waals surface area (Å²) in [5, 5.41) is 0. The highest BCUT2D eigenvalue weighted by Crippen LogP contribution is 2.31. The fraction of sp³-hybridized carbons (Fsp3) is 0.600. The Bertz CT molecular complexity index is 405. The Morgan fingerprint density at radius 2 is 2.11 bits per heavy atom. The van der Waals surface area contributed by atoms with E-state index in [-0.39, 0.29) is 0 Å². The molecule has 0 saturated carbocycles. The van der Waals surface area contributed by atoms with Crippen LogP contribution in [0.25, 0.3) is 0 Å². The molecule has 2 atom stereocenters. The zero-order valence-corrected chi connectivity index (χ0v) is 12.9. The lowest BCUT2D eigenvalue weighted by Crippen LogP contribution is -2.39. The maximum absolute atomic E-state index is 5.72. The minimum absolute atomic E-state index is 0.712. The van der Waals surface area contributed by atoms with E-state index in [1.54, 1.807) is 0 Å². The van der Waals surface area contributed by atoms with Gasteiger partial charge in [0, 0.05) is 23.2 Å². The number of piperidine rings is 1. The van der Waals surface area contributed by atoms with E-state index in [0.717, 1.165) is 22.7 Å². The first-order valence-electron chi connectivity index (χ1n) is 6.85. The maximum Gasteiger partial charge on any atom is 0.0400 e. The number of rotatable bonds is 3. The van der Waals surface area contributed by atoms with Crippen LogP contribution >= 0.6 is 15.9 Å². The molecule has 0 radical (unpaired) electrons. The summed E-state index contributed by atoms with van der Waals surface area (Å²) in [6.45, 7) is 7.77. The molecule has 1 aliphatic heterocycles. The highest BCUT2D eigenvalue weighted by molar-refractivity contribution is 9.10. The van der Waals surface area contributed by atoms with E-state index in [2.05, 4.69) is 52.9 Å². The highest BCUT2D eigenvalue weighted by Gasteiger charge is 2.23. The van der Waals surface area contributed by atoms with Crippen molar-refractivity contribution in [2.24, 2.45) is 17.6 Å². The van der Waals surface area contributed by atoms with Crippen molar-refractivity contribution < 1.29 is 0 Å². The fourth-order valence-corrected chi connectivity index (χ4v) is 3.11. The zero-order chi connectivity index (χ0) is 13.1. The number of halogens is 1. The molecular formula is C15H23BrN2. The van der Waals surface area contributed by atoms with Gasteiger partial charge in [-0.1, -0.05) is 29.8 Å². The molecule has 0 spiro atoms. The van der Waals surface area contributed by atoms with Gasteiger partial charge in [0.25, 0.3) is 0 Å². The number of hydrogen-bond acceptors (Lipinski definition) is 2. The van der Waals surface area contributed by atoms with Gasteiger partial charge >= 0.3 is 0 Å². The van der Waals surface area contributed by atoms with Gasteiger partial charge in [-0.25, -0.2) is 0 Å². The van der Waals surface area contributed by atoms with Crippen molar-refractivity contribution in [3.8, 4) is 0 Å². The molecule has 18 heavy (non-hydrogen) atoms. The average Bonchev–Trinajstić information content (AvgIpc) is 2.34. The molecule has 1 aromatic rings. The quantitative estimate of drug-likeness (QED) is 0.926. The summed E-state index contributed by atoms with van der Waals surface area (Å²) in [6, 6.07) is 6.58. The lowest BCUT2D eigenvalue weighted by molar-refractivity contribution is 0.323. The average molecular weight is 311 g/mol. The molecule has 100 valence electrons. The first-order valence-corrected chi connectivity index (χ1v) is 7.64. The van der Waals surface area contributed by atoms with Crippen LogP contribution in [0.2, 0.25) is 0 Å². The third-order valence-corrected chi connectivity index (χ3v) is 4.62. The second-order valence-corrected chi connectivity index (χ2v) is 6.42. The van der Waals surface area contributed by atoms with Gasteiger partial charge in [0.15, 0.2) is 0 Å². The summed E-state index contributed by atoms with van der Waals surface area (Å²) in [5.74, 6) is 1.61. The minimum Gasteiger partial charge on any atom is -0.371 e. The Kier molecular flexibility index (Phi) is 4.68. The largest absolute Gasteiger partial charge is 0.371 e. The second kappa shape index (κ2) is 6.07. The maximum atomic E-state index is 5.72. The van der Waals surface area contributed by atoms with Crippen LogP contribution in [0.5, 0.6) is 0 Å². The Balaban J connectivity index is 2.22. The van der Waals surface area contributed by atoms with Gasteiger partial charge in [0.2, 0.25) is 0 Å². The first kappa shape index (κ1) is 13.9. The molecular weight excluding hydrogens is 288 g/mol. The second-order valence-electron chi connectivity index (χ2n) is 5.50. The molecule has 3 heteroatoms. The van der Waals surface area contributed by atoms with Gasteiger partial charge in [-0.05, 0) is 55.0 Å². The SMILES string of the molecule is CC1CCN(c2ccc(Br)cc2CCN)CC1C. The van der Waals surface area contributed by atoms with E-state index in [0.29, 0.717) is 6.54 Å². The predicted octanol–water partition coefficient (Wildman–Crippen LogP) is 3.43. The summed E-state index contributed by atoms with van der Waals surface area (Å²) >= 11 is 3.55. The summed E-state index contributed by atoms with van der Waals surface area (Å²) in [6.07, 6.45) is 2.24. The van der Waals surface area contributed by atoms with E-state index < -0.39 is 0 Å². The van der Waals surface area contributed by atoms with Crippen LogP contribution in [0, 0.1) is 11.8 Å². The fourth-order valence-electron chi connectivity index (χ4n) is 2.70. The van der Waals surface area contributed by atoms with E-state index in [1.165, 1.54) is 30.8 Å². The molecule has 1 aromatic carbocycles. The highest BCUT2D eigenvalue weighted by atomic mass is 79.9. The summed E-state index contributed by atoms with van der Waals surface area (Å²) < 4.78 is 1.15. The van der Waals surface area contributed by atoms with Crippen LogP contribution in [0.1, 0.15) is 25.8 Å². The van der Waals surface area contributed by atoms with Crippen LogP contribution in [-0.2, 0) is 6.42 Å². The Labute approximate surface area is 119 Å². The smallest absolute Gasteiger partial charge is 0.0400 e.